The molecule has 3 amide bonds. The molecule has 0 spiro atoms. The van der Waals surface area contributed by atoms with E-state index in [0.29, 0.717) is 5.56 Å². The molecular weight excluding hydrogens is 526 g/mol. The lowest BCUT2D eigenvalue weighted by atomic mass is 9.99. The Labute approximate surface area is 216 Å². The molecule has 1 aliphatic heterocycles. The lowest BCUT2D eigenvalue weighted by Crippen LogP contribution is -2.43. The van der Waals surface area contributed by atoms with Gasteiger partial charge in [0.15, 0.2) is 21.5 Å². The summed E-state index contributed by atoms with van der Waals surface area (Å²) in [6.07, 6.45) is 1.06. The van der Waals surface area contributed by atoms with E-state index in [1.165, 1.54) is 31.2 Å². The van der Waals surface area contributed by atoms with Crippen molar-refractivity contribution < 1.29 is 35.6 Å². The summed E-state index contributed by atoms with van der Waals surface area (Å²) < 4.78 is 81.9. The fourth-order valence-corrected chi connectivity index (χ4v) is 5.14. The second-order valence-corrected chi connectivity index (χ2v) is 11.2. The van der Waals surface area contributed by atoms with Crippen molar-refractivity contribution in [1.29, 1.82) is 0 Å². The van der Waals surface area contributed by atoms with Crippen LogP contribution >= 0.6 is 0 Å². The summed E-state index contributed by atoms with van der Waals surface area (Å²) in [7, 11) is -3.45. The van der Waals surface area contributed by atoms with Gasteiger partial charge in [0.05, 0.1) is 11.4 Å². The average molecular weight is 550 g/mol. The molecule has 1 saturated heterocycles. The summed E-state index contributed by atoms with van der Waals surface area (Å²) in [5.74, 6) is -5.69. The van der Waals surface area contributed by atoms with E-state index in [1.54, 1.807) is 12.1 Å². The van der Waals surface area contributed by atoms with Crippen LogP contribution < -0.4 is 15.5 Å². The van der Waals surface area contributed by atoms with E-state index in [9.17, 15) is 26.8 Å². The van der Waals surface area contributed by atoms with Crippen molar-refractivity contribution >= 4 is 33.2 Å². The van der Waals surface area contributed by atoms with E-state index in [0.717, 1.165) is 23.3 Å². The smallest absolute Gasteiger partial charge is 0.320 e. The Morgan fingerprint density at radius 2 is 1.66 bits per heavy atom. The molecule has 1 heterocycles. The predicted octanol–water partition coefficient (Wildman–Crippen LogP) is 4.69. The summed E-state index contributed by atoms with van der Waals surface area (Å²) in [5.41, 5.74) is -0.428. The van der Waals surface area contributed by atoms with Crippen LogP contribution in [-0.4, -0.2) is 39.2 Å². The number of aryl methyl sites for hydroxylation is 1. The maximum absolute atomic E-state index is 15.2. The molecule has 0 aromatic heterocycles. The van der Waals surface area contributed by atoms with Crippen LogP contribution in [0.15, 0.2) is 48.5 Å². The summed E-state index contributed by atoms with van der Waals surface area (Å²) in [6.45, 7) is 1.42. The van der Waals surface area contributed by atoms with Gasteiger partial charge in [-0.15, -0.1) is 0 Å². The van der Waals surface area contributed by atoms with Crippen LogP contribution in [0, 0.1) is 30.2 Å². The normalized spacial score (nSPS) is 15.6. The number of carbonyl (C=O) groups is 2. The first-order chi connectivity index (χ1) is 17.9. The van der Waals surface area contributed by atoms with Crippen molar-refractivity contribution in [1.82, 2.24) is 5.32 Å². The Hall–Kier alpha value is -3.93. The van der Waals surface area contributed by atoms with Crippen molar-refractivity contribution in [3.63, 3.8) is 0 Å². The number of benzene rings is 3. The van der Waals surface area contributed by atoms with Crippen molar-refractivity contribution in [2.45, 2.75) is 25.1 Å². The topological polar surface area (TPSA) is 95.6 Å². The van der Waals surface area contributed by atoms with Crippen LogP contribution in [0.4, 0.5) is 33.7 Å². The Bertz CT molecular complexity index is 1520. The van der Waals surface area contributed by atoms with Gasteiger partial charge in [0, 0.05) is 18.4 Å². The molecule has 0 aliphatic carbocycles. The number of hydrogen-bond acceptors (Lipinski definition) is 4. The van der Waals surface area contributed by atoms with Crippen LogP contribution in [0.3, 0.4) is 0 Å². The van der Waals surface area contributed by atoms with E-state index in [2.05, 4.69) is 5.32 Å². The zero-order valence-electron chi connectivity index (χ0n) is 20.3. The number of urea groups is 1. The van der Waals surface area contributed by atoms with Crippen LogP contribution in [0.1, 0.15) is 17.5 Å². The molecule has 7 nitrogen and oxygen atoms in total. The molecule has 1 aliphatic rings. The van der Waals surface area contributed by atoms with Gasteiger partial charge in [-0.3, -0.25) is 4.79 Å². The molecule has 2 N–H and O–H groups in total. The number of carbonyl (C=O) groups excluding carboxylic acids is 2. The summed E-state index contributed by atoms with van der Waals surface area (Å²) >= 11 is 0. The molecular formula is C26H23F4N3O4S. The maximum Gasteiger partial charge on any atom is 0.320 e. The molecule has 0 unspecified atom stereocenters. The van der Waals surface area contributed by atoms with E-state index >= 15 is 8.78 Å². The third-order valence-corrected chi connectivity index (χ3v) is 6.85. The number of nitrogens with zero attached hydrogens (tertiary/aromatic N) is 1. The second-order valence-electron chi connectivity index (χ2n) is 9.02. The Kier molecular flexibility index (Phi) is 7.45. The molecule has 3 aromatic carbocycles. The van der Waals surface area contributed by atoms with Crippen molar-refractivity contribution in [2.75, 3.05) is 23.0 Å². The molecule has 1 atom stereocenters. The number of sulfone groups is 1. The molecule has 3 aromatic rings. The average Bonchev–Trinajstić information content (AvgIpc) is 3.17. The van der Waals surface area contributed by atoms with Gasteiger partial charge >= 0.3 is 6.03 Å². The second kappa shape index (κ2) is 10.4. The highest BCUT2D eigenvalue weighted by molar-refractivity contribution is 7.89. The predicted molar refractivity (Wildman–Crippen MR) is 134 cm³/mol. The minimum Gasteiger partial charge on any atom is -0.326 e. The van der Waals surface area contributed by atoms with Gasteiger partial charge in [-0.1, -0.05) is 24.3 Å². The van der Waals surface area contributed by atoms with Gasteiger partial charge < -0.3 is 15.5 Å². The van der Waals surface area contributed by atoms with E-state index in [4.69, 9.17) is 0 Å². The van der Waals surface area contributed by atoms with Gasteiger partial charge in [-0.2, -0.15) is 0 Å². The highest BCUT2D eigenvalue weighted by Gasteiger charge is 2.36. The van der Waals surface area contributed by atoms with Crippen LogP contribution in [0.2, 0.25) is 0 Å². The Morgan fingerprint density at radius 1 is 1.00 bits per heavy atom. The van der Waals surface area contributed by atoms with E-state index in [1.807, 2.05) is 5.32 Å². The molecule has 12 heteroatoms. The van der Waals surface area contributed by atoms with Crippen molar-refractivity contribution in [3.05, 3.63) is 82.9 Å². The number of nitrogens with one attached hydrogen (secondary N) is 2. The number of halogens is 4. The molecule has 38 heavy (non-hydrogen) atoms. The number of rotatable bonds is 6. The highest BCUT2D eigenvalue weighted by atomic mass is 32.2. The molecule has 1 fully saturated rings. The minimum absolute atomic E-state index is 0.0329. The van der Waals surface area contributed by atoms with Gasteiger partial charge in [-0.05, 0) is 54.3 Å². The van der Waals surface area contributed by atoms with Crippen LogP contribution in [0.25, 0.3) is 11.1 Å². The van der Waals surface area contributed by atoms with Crippen LogP contribution in [0.5, 0.6) is 0 Å². The zero-order chi connectivity index (χ0) is 27.8. The number of anilines is 2. The number of hydrogen-bond donors (Lipinski definition) is 2. The van der Waals surface area contributed by atoms with Crippen LogP contribution in [-0.2, 0) is 20.4 Å². The first-order valence-electron chi connectivity index (χ1n) is 11.4. The summed E-state index contributed by atoms with van der Waals surface area (Å²) in [6, 6.07) is 8.43. The van der Waals surface area contributed by atoms with Gasteiger partial charge in [-0.25, -0.2) is 30.8 Å². The first-order valence-corrected chi connectivity index (χ1v) is 13.5. The van der Waals surface area contributed by atoms with Gasteiger partial charge in [0.2, 0.25) is 5.91 Å². The van der Waals surface area contributed by atoms with Crippen molar-refractivity contribution in [2.24, 2.45) is 0 Å². The third kappa shape index (κ3) is 5.64. The SMILES string of the molecule is Cc1cc(F)c(NC(=O)N[C@@H]2CCN(c3ccc(-c4ccccc4CS(C)(=O)=O)c(F)c3F)C2=O)c(F)c1. The van der Waals surface area contributed by atoms with Gasteiger partial charge in [0.1, 0.15) is 23.4 Å². The largest absolute Gasteiger partial charge is 0.326 e. The molecule has 0 radical (unpaired) electrons. The first kappa shape index (κ1) is 27.1. The Morgan fingerprint density at radius 3 is 2.32 bits per heavy atom. The maximum atomic E-state index is 15.2. The molecule has 200 valence electrons. The standard InChI is InChI=1S/C26H23F4N3O4S/c1-14-11-18(27)24(19(28)12-14)32-26(35)31-20-9-10-33(25(20)34)21-8-7-17(22(29)23(21)30)16-6-4-3-5-15(16)13-38(2,36)37/h3-8,11-12,20H,9-10,13H2,1-2H3,(H2,31,32,35)/t20-/m1/s1. The monoisotopic (exact) mass is 549 g/mol. The fourth-order valence-electron chi connectivity index (χ4n) is 4.33. The highest BCUT2D eigenvalue weighted by Crippen LogP contribution is 2.34. The minimum atomic E-state index is -3.45. The van der Waals surface area contributed by atoms with E-state index in [-0.39, 0.29) is 41.1 Å². The molecule has 0 bridgehead atoms. The van der Waals surface area contributed by atoms with E-state index < -0.39 is 56.8 Å². The fraction of sp³-hybridized carbons (Fsp3) is 0.231. The summed E-state index contributed by atoms with van der Waals surface area (Å²) in [4.78, 5) is 26.1. The van der Waals surface area contributed by atoms with Gasteiger partial charge in [0.25, 0.3) is 0 Å². The Balaban J connectivity index is 1.53. The molecule has 0 saturated carbocycles. The van der Waals surface area contributed by atoms with Crippen molar-refractivity contribution in [3.8, 4) is 11.1 Å². The quantitative estimate of drug-likeness (QED) is 0.436. The molecule has 4 rings (SSSR count). The third-order valence-electron chi connectivity index (χ3n) is 6.01. The summed E-state index contributed by atoms with van der Waals surface area (Å²) in [5, 5.41) is 4.33. The lowest BCUT2D eigenvalue weighted by Gasteiger charge is -2.20. The lowest BCUT2D eigenvalue weighted by molar-refractivity contribution is -0.118. The zero-order valence-corrected chi connectivity index (χ0v) is 21.1. The number of amides is 3.